The predicted octanol–water partition coefficient (Wildman–Crippen LogP) is 2.60. The molecule has 1 aliphatic heterocycles. The number of fused-ring (bicyclic) bond motifs is 3. The summed E-state index contributed by atoms with van der Waals surface area (Å²) in [5.74, 6) is 0. The van der Waals surface area contributed by atoms with Crippen LogP contribution in [0.2, 0.25) is 0 Å². The standard InChI is InChI=1S/C17H18N2O2S/c18-17-12-6-11-16(17)19(15-10-5-4-9-14(15)17)22(20,21)13-7-2-1-3-8-13/h1-5,7-10,16H,6,11-12,18H2/t16-,17+/m1/s1. The summed E-state index contributed by atoms with van der Waals surface area (Å²) in [5.41, 5.74) is 7.77. The minimum absolute atomic E-state index is 0.185. The van der Waals surface area contributed by atoms with E-state index in [0.717, 1.165) is 30.5 Å². The fourth-order valence-corrected chi connectivity index (χ4v) is 5.66. The Morgan fingerprint density at radius 2 is 1.73 bits per heavy atom. The van der Waals surface area contributed by atoms with E-state index in [-0.39, 0.29) is 6.04 Å². The molecule has 0 aromatic heterocycles. The highest BCUT2D eigenvalue weighted by Crippen LogP contribution is 2.52. The topological polar surface area (TPSA) is 63.4 Å². The van der Waals surface area contributed by atoms with Gasteiger partial charge in [0.2, 0.25) is 0 Å². The summed E-state index contributed by atoms with van der Waals surface area (Å²) in [6.45, 7) is 0. The molecule has 2 aromatic carbocycles. The summed E-state index contributed by atoms with van der Waals surface area (Å²) in [7, 11) is -3.59. The van der Waals surface area contributed by atoms with Gasteiger partial charge in [0, 0.05) is 0 Å². The Morgan fingerprint density at radius 1 is 1.05 bits per heavy atom. The Bertz CT molecular complexity index is 820. The molecule has 1 aliphatic carbocycles. The fourth-order valence-electron chi connectivity index (χ4n) is 3.88. The van der Waals surface area contributed by atoms with E-state index in [1.165, 1.54) is 0 Å². The van der Waals surface area contributed by atoms with Crippen LogP contribution in [0, 0.1) is 0 Å². The molecule has 2 N–H and O–H groups in total. The van der Waals surface area contributed by atoms with Crippen LogP contribution in [0.25, 0.3) is 0 Å². The van der Waals surface area contributed by atoms with Crippen molar-refractivity contribution < 1.29 is 8.42 Å². The van der Waals surface area contributed by atoms with Crippen molar-refractivity contribution in [1.29, 1.82) is 0 Å². The molecule has 2 atom stereocenters. The molecule has 0 spiro atoms. The zero-order valence-electron chi connectivity index (χ0n) is 12.1. The van der Waals surface area contributed by atoms with Crippen LogP contribution in [0.1, 0.15) is 24.8 Å². The second-order valence-electron chi connectivity index (χ2n) is 6.08. The van der Waals surface area contributed by atoms with Crippen LogP contribution >= 0.6 is 0 Å². The molecule has 114 valence electrons. The lowest BCUT2D eigenvalue weighted by atomic mass is 9.89. The summed E-state index contributed by atoms with van der Waals surface area (Å²) in [6, 6.07) is 16.1. The van der Waals surface area contributed by atoms with Crippen LogP contribution in [-0.4, -0.2) is 14.5 Å². The molecule has 1 saturated carbocycles. The number of para-hydroxylation sites is 1. The first kappa shape index (κ1) is 13.8. The number of anilines is 1. The maximum absolute atomic E-state index is 13.2. The van der Waals surface area contributed by atoms with E-state index in [4.69, 9.17) is 5.73 Å². The van der Waals surface area contributed by atoms with Gasteiger partial charge in [-0.25, -0.2) is 8.42 Å². The summed E-state index contributed by atoms with van der Waals surface area (Å²) >= 11 is 0. The lowest BCUT2D eigenvalue weighted by molar-refractivity contribution is 0.432. The lowest BCUT2D eigenvalue weighted by Gasteiger charge is -2.30. The molecule has 4 rings (SSSR count). The quantitative estimate of drug-likeness (QED) is 0.926. The Kier molecular flexibility index (Phi) is 2.86. The monoisotopic (exact) mass is 314 g/mol. The number of benzene rings is 2. The zero-order chi connectivity index (χ0) is 15.4. The Hall–Kier alpha value is -1.85. The molecule has 2 aliphatic rings. The van der Waals surface area contributed by atoms with E-state index in [2.05, 4.69) is 0 Å². The molecular formula is C17H18N2O2S. The second kappa shape index (κ2) is 4.57. The maximum Gasteiger partial charge on any atom is 0.264 e. The van der Waals surface area contributed by atoms with Gasteiger partial charge in [-0.05, 0) is 43.0 Å². The molecule has 0 bridgehead atoms. The molecule has 2 aromatic rings. The molecule has 4 nitrogen and oxygen atoms in total. The van der Waals surface area contributed by atoms with Crippen LogP contribution in [-0.2, 0) is 15.6 Å². The van der Waals surface area contributed by atoms with E-state index >= 15 is 0 Å². The van der Waals surface area contributed by atoms with Crippen molar-refractivity contribution in [2.45, 2.75) is 35.7 Å². The third-order valence-corrected chi connectivity index (χ3v) is 6.73. The smallest absolute Gasteiger partial charge is 0.264 e. The van der Waals surface area contributed by atoms with Crippen molar-refractivity contribution in [2.24, 2.45) is 5.73 Å². The van der Waals surface area contributed by atoms with E-state index in [1.807, 2.05) is 30.3 Å². The largest absolute Gasteiger partial charge is 0.320 e. The number of hydrogen-bond donors (Lipinski definition) is 1. The summed E-state index contributed by atoms with van der Waals surface area (Å²) in [5, 5.41) is 0. The predicted molar refractivity (Wildman–Crippen MR) is 86.1 cm³/mol. The molecule has 22 heavy (non-hydrogen) atoms. The zero-order valence-corrected chi connectivity index (χ0v) is 13.0. The van der Waals surface area contributed by atoms with E-state index < -0.39 is 15.6 Å². The third kappa shape index (κ3) is 1.69. The summed E-state index contributed by atoms with van der Waals surface area (Å²) < 4.78 is 27.9. The summed E-state index contributed by atoms with van der Waals surface area (Å²) in [6.07, 6.45) is 2.59. The van der Waals surface area contributed by atoms with Gasteiger partial charge in [0.05, 0.1) is 22.2 Å². The van der Waals surface area contributed by atoms with Crippen LogP contribution in [0.5, 0.6) is 0 Å². The number of rotatable bonds is 2. The molecule has 1 heterocycles. The van der Waals surface area contributed by atoms with Crippen molar-refractivity contribution in [3.05, 3.63) is 60.2 Å². The van der Waals surface area contributed by atoms with Crippen molar-refractivity contribution >= 4 is 15.7 Å². The first-order chi connectivity index (χ1) is 10.5. The van der Waals surface area contributed by atoms with Crippen molar-refractivity contribution in [3.63, 3.8) is 0 Å². The van der Waals surface area contributed by atoms with E-state index in [9.17, 15) is 8.42 Å². The fraction of sp³-hybridized carbons (Fsp3) is 0.294. The second-order valence-corrected chi connectivity index (χ2v) is 7.89. The van der Waals surface area contributed by atoms with Gasteiger partial charge in [-0.1, -0.05) is 36.4 Å². The maximum atomic E-state index is 13.2. The van der Waals surface area contributed by atoms with Gasteiger partial charge in [0.1, 0.15) is 0 Å². The molecule has 0 unspecified atom stereocenters. The number of hydrogen-bond acceptors (Lipinski definition) is 3. The number of nitrogens with two attached hydrogens (primary N) is 1. The van der Waals surface area contributed by atoms with Crippen LogP contribution in [0.15, 0.2) is 59.5 Å². The molecule has 0 amide bonds. The Balaban J connectivity index is 1.93. The van der Waals surface area contributed by atoms with Gasteiger partial charge >= 0.3 is 0 Å². The normalized spacial score (nSPS) is 26.8. The van der Waals surface area contributed by atoms with Gasteiger partial charge < -0.3 is 5.73 Å². The first-order valence-electron chi connectivity index (χ1n) is 7.53. The highest BCUT2D eigenvalue weighted by molar-refractivity contribution is 7.92. The van der Waals surface area contributed by atoms with Gasteiger partial charge in [-0.3, -0.25) is 4.31 Å². The van der Waals surface area contributed by atoms with Gasteiger partial charge in [0.15, 0.2) is 0 Å². The van der Waals surface area contributed by atoms with Gasteiger partial charge in [-0.2, -0.15) is 0 Å². The summed E-state index contributed by atoms with van der Waals surface area (Å²) in [4.78, 5) is 0.320. The van der Waals surface area contributed by atoms with Crippen LogP contribution in [0.4, 0.5) is 5.69 Å². The Labute approximate surface area is 130 Å². The van der Waals surface area contributed by atoms with Crippen molar-refractivity contribution in [2.75, 3.05) is 4.31 Å². The minimum atomic E-state index is -3.59. The van der Waals surface area contributed by atoms with E-state index in [1.54, 1.807) is 28.6 Å². The third-order valence-electron chi connectivity index (χ3n) is 4.89. The molecule has 0 saturated heterocycles. The number of sulfonamides is 1. The van der Waals surface area contributed by atoms with Crippen molar-refractivity contribution in [1.82, 2.24) is 0 Å². The molecular weight excluding hydrogens is 296 g/mol. The van der Waals surface area contributed by atoms with E-state index in [0.29, 0.717) is 4.90 Å². The minimum Gasteiger partial charge on any atom is -0.320 e. The highest BCUT2D eigenvalue weighted by atomic mass is 32.2. The molecule has 5 heteroatoms. The first-order valence-corrected chi connectivity index (χ1v) is 8.97. The van der Waals surface area contributed by atoms with Crippen molar-refractivity contribution in [3.8, 4) is 0 Å². The van der Waals surface area contributed by atoms with Gasteiger partial charge in [0.25, 0.3) is 10.0 Å². The van der Waals surface area contributed by atoms with Gasteiger partial charge in [-0.15, -0.1) is 0 Å². The SMILES string of the molecule is N[C@]12CCC[C@H]1N(S(=O)(=O)c1ccccc1)c1ccccc12. The Morgan fingerprint density at radius 3 is 2.50 bits per heavy atom. The molecule has 0 radical (unpaired) electrons. The average Bonchev–Trinajstić information content (AvgIpc) is 3.01. The van der Waals surface area contributed by atoms with Crippen LogP contribution in [0.3, 0.4) is 0 Å². The lowest BCUT2D eigenvalue weighted by Crippen LogP contribution is -2.48. The number of nitrogens with zero attached hydrogens (tertiary/aromatic N) is 1. The molecule has 1 fully saturated rings. The highest BCUT2D eigenvalue weighted by Gasteiger charge is 2.54. The average molecular weight is 314 g/mol. The van der Waals surface area contributed by atoms with Crippen LogP contribution < -0.4 is 10.0 Å².